The summed E-state index contributed by atoms with van der Waals surface area (Å²) in [6.07, 6.45) is 9.21. The van der Waals surface area contributed by atoms with Crippen molar-refractivity contribution >= 4 is 17.5 Å². The molecule has 4 saturated carbocycles. The minimum absolute atomic E-state index is 0.0171. The van der Waals surface area contributed by atoms with Crippen LogP contribution in [0, 0.1) is 28.6 Å². The molecule has 0 aromatic rings. The van der Waals surface area contributed by atoms with Crippen molar-refractivity contribution in [3.63, 3.8) is 0 Å². The second-order valence-electron chi connectivity index (χ2n) is 11.1. The van der Waals surface area contributed by atoms with Crippen LogP contribution in [0.4, 0.5) is 0 Å². The second-order valence-corrected chi connectivity index (χ2v) is 12.7. The Hall–Kier alpha value is -0.320. The number of carbonyl (C=O) groups excluding carboxylic acids is 1. The molecule has 0 aromatic heterocycles. The monoisotopic (exact) mass is 403 g/mol. The molecule has 3 nitrogen and oxygen atoms in total. The zero-order valence-electron chi connectivity index (χ0n) is 17.6. The molecule has 0 bridgehead atoms. The van der Waals surface area contributed by atoms with Gasteiger partial charge in [-0.1, -0.05) is 26.0 Å². The average Bonchev–Trinajstić information content (AvgIpc) is 3.25. The fourth-order valence-electron chi connectivity index (χ4n) is 8.03. The highest BCUT2D eigenvalue weighted by atomic mass is 32.2. The summed E-state index contributed by atoms with van der Waals surface area (Å²) in [7, 11) is 0. The first-order valence-electron chi connectivity index (χ1n) is 11.6. The molecule has 1 heterocycles. The number of Topliss-reactive ketones (excluding diaryl/α,β-unsaturated/α-hetero) is 1. The van der Waals surface area contributed by atoms with Gasteiger partial charge in [0.15, 0.2) is 0 Å². The number of thioether (sulfide) groups is 1. The number of fused-ring (bicyclic) bond motifs is 5. The number of nitrogens with one attached hydrogen (secondary N) is 1. The van der Waals surface area contributed by atoms with E-state index >= 15 is 0 Å². The summed E-state index contributed by atoms with van der Waals surface area (Å²) < 4.78 is 0. The van der Waals surface area contributed by atoms with E-state index in [1.807, 2.05) is 0 Å². The first kappa shape index (κ1) is 19.6. The quantitative estimate of drug-likeness (QED) is 0.673. The van der Waals surface area contributed by atoms with Gasteiger partial charge >= 0.3 is 0 Å². The highest BCUT2D eigenvalue weighted by Gasteiger charge is 2.65. The van der Waals surface area contributed by atoms with Crippen molar-refractivity contribution in [2.45, 2.75) is 87.7 Å². The van der Waals surface area contributed by atoms with Crippen molar-refractivity contribution in [3.8, 4) is 0 Å². The Morgan fingerprint density at radius 1 is 1.11 bits per heavy atom. The van der Waals surface area contributed by atoms with E-state index in [0.717, 1.165) is 63.3 Å². The van der Waals surface area contributed by atoms with Crippen LogP contribution in [-0.2, 0) is 4.79 Å². The third-order valence-corrected chi connectivity index (χ3v) is 11.4. The van der Waals surface area contributed by atoms with Crippen LogP contribution < -0.4 is 5.32 Å². The average molecular weight is 404 g/mol. The minimum atomic E-state index is -0.608. The maximum absolute atomic E-state index is 12.7. The summed E-state index contributed by atoms with van der Waals surface area (Å²) in [6, 6.07) is 0. The lowest BCUT2D eigenvalue weighted by molar-refractivity contribution is -0.182. The van der Waals surface area contributed by atoms with E-state index in [1.54, 1.807) is 0 Å². The van der Waals surface area contributed by atoms with E-state index < -0.39 is 5.60 Å². The Morgan fingerprint density at radius 3 is 2.68 bits per heavy atom. The molecule has 4 aliphatic carbocycles. The summed E-state index contributed by atoms with van der Waals surface area (Å²) in [5.41, 5.74) is 0.502. The number of hydrogen-bond acceptors (Lipinski definition) is 4. The fraction of sp³-hybridized carbons (Fsp3) is 0.875. The normalized spacial score (nSPS) is 53.6. The third kappa shape index (κ3) is 2.66. The van der Waals surface area contributed by atoms with Crippen LogP contribution in [0.15, 0.2) is 12.2 Å². The Labute approximate surface area is 174 Å². The Bertz CT molecular complexity index is 688. The van der Waals surface area contributed by atoms with Crippen LogP contribution in [0.3, 0.4) is 0 Å². The molecular weight excluding hydrogens is 366 g/mol. The topological polar surface area (TPSA) is 49.3 Å². The molecule has 5 rings (SSSR count). The lowest BCUT2D eigenvalue weighted by Crippen LogP contribution is -2.63. The molecule has 5 aliphatic rings. The van der Waals surface area contributed by atoms with Gasteiger partial charge in [-0.15, -0.1) is 0 Å². The van der Waals surface area contributed by atoms with Gasteiger partial charge in [-0.25, -0.2) is 0 Å². The molecule has 0 aromatic carbocycles. The van der Waals surface area contributed by atoms with Gasteiger partial charge < -0.3 is 10.4 Å². The van der Waals surface area contributed by atoms with E-state index in [4.69, 9.17) is 0 Å². The van der Waals surface area contributed by atoms with Crippen LogP contribution >= 0.6 is 11.8 Å². The van der Waals surface area contributed by atoms with Gasteiger partial charge in [0.1, 0.15) is 5.78 Å². The predicted molar refractivity (Wildman–Crippen MR) is 115 cm³/mol. The van der Waals surface area contributed by atoms with Crippen molar-refractivity contribution in [2.75, 3.05) is 13.1 Å². The summed E-state index contributed by atoms with van der Waals surface area (Å²) in [5.74, 6) is 1.89. The van der Waals surface area contributed by atoms with Crippen molar-refractivity contribution in [3.05, 3.63) is 12.2 Å². The van der Waals surface area contributed by atoms with Gasteiger partial charge in [0.25, 0.3) is 0 Å². The van der Waals surface area contributed by atoms with Crippen LogP contribution in [0.1, 0.15) is 71.6 Å². The maximum Gasteiger partial charge on any atom is 0.139 e. The van der Waals surface area contributed by atoms with E-state index in [2.05, 4.69) is 37.5 Å². The van der Waals surface area contributed by atoms with Gasteiger partial charge in [0.05, 0.1) is 5.60 Å². The molecule has 5 fully saturated rings. The van der Waals surface area contributed by atoms with Gasteiger partial charge in [0.2, 0.25) is 0 Å². The molecule has 1 saturated heterocycles. The fourth-order valence-corrected chi connectivity index (χ4v) is 9.67. The Morgan fingerprint density at radius 2 is 1.93 bits per heavy atom. The molecule has 2 N–H and O–H groups in total. The van der Waals surface area contributed by atoms with Gasteiger partial charge in [-0.05, 0) is 75.7 Å². The van der Waals surface area contributed by atoms with E-state index in [1.165, 1.54) is 18.4 Å². The number of ketones is 1. The number of aliphatic hydroxyl groups is 1. The van der Waals surface area contributed by atoms with Crippen molar-refractivity contribution in [2.24, 2.45) is 28.6 Å². The molecule has 1 aliphatic heterocycles. The molecule has 0 radical (unpaired) electrons. The smallest absolute Gasteiger partial charge is 0.139 e. The molecular formula is C24H37NO2S. The number of rotatable bonds is 2. The summed E-state index contributed by atoms with van der Waals surface area (Å²) in [4.78, 5) is 12.7. The van der Waals surface area contributed by atoms with E-state index in [9.17, 15) is 9.90 Å². The highest BCUT2D eigenvalue weighted by molar-refractivity contribution is 8.00. The van der Waals surface area contributed by atoms with Gasteiger partial charge in [-0.3, -0.25) is 4.79 Å². The van der Waals surface area contributed by atoms with Crippen molar-refractivity contribution < 1.29 is 9.90 Å². The number of carbonyl (C=O) groups is 1. The largest absolute Gasteiger partial charge is 0.389 e. The van der Waals surface area contributed by atoms with Crippen LogP contribution in [0.2, 0.25) is 0 Å². The van der Waals surface area contributed by atoms with Crippen LogP contribution in [0.5, 0.6) is 0 Å². The lowest BCUT2D eigenvalue weighted by Gasteiger charge is -2.64. The SMILES string of the molecule is C=C1CC2(O)CC(S[C@H]3CCNC3)CC[C@]2(C)[C@@H]2CC[C@]3(C)C(=O)CC[C@H]3[C@H]12. The van der Waals surface area contributed by atoms with Crippen LogP contribution in [-0.4, -0.2) is 40.1 Å². The van der Waals surface area contributed by atoms with Crippen molar-refractivity contribution in [1.82, 2.24) is 5.32 Å². The van der Waals surface area contributed by atoms with E-state index in [-0.39, 0.29) is 10.8 Å². The molecule has 0 spiro atoms. The van der Waals surface area contributed by atoms with Gasteiger partial charge in [0, 0.05) is 34.3 Å². The Kier molecular flexibility index (Phi) is 4.62. The molecule has 2 unspecified atom stereocenters. The second kappa shape index (κ2) is 6.59. The standard InChI is InChI=1S/C24H37NO2S/c1-15-12-24(27)13-16(28-17-8-11-25-14-17)6-10-23(24,3)19-7-9-22(2)18(21(15)19)4-5-20(22)26/h16-19,21,25,27H,1,4-14H2,2-3H3/t16?,17-,18-,19+,21-,22-,23+,24?/m0/s1. The zero-order chi connectivity index (χ0) is 19.7. The zero-order valence-corrected chi connectivity index (χ0v) is 18.5. The minimum Gasteiger partial charge on any atom is -0.389 e. The lowest BCUT2D eigenvalue weighted by atomic mass is 9.43. The molecule has 4 heteroatoms. The Balaban J connectivity index is 1.40. The van der Waals surface area contributed by atoms with Gasteiger partial charge in [-0.2, -0.15) is 11.8 Å². The maximum atomic E-state index is 12.7. The van der Waals surface area contributed by atoms with Crippen LogP contribution in [0.25, 0.3) is 0 Å². The molecule has 156 valence electrons. The highest BCUT2D eigenvalue weighted by Crippen LogP contribution is 2.68. The van der Waals surface area contributed by atoms with E-state index in [0.29, 0.717) is 28.8 Å². The number of hydrogen-bond donors (Lipinski definition) is 2. The predicted octanol–water partition coefficient (Wildman–Crippen LogP) is 4.34. The third-order valence-electron chi connectivity index (χ3n) is 9.80. The first-order valence-corrected chi connectivity index (χ1v) is 12.5. The van der Waals surface area contributed by atoms with Crippen molar-refractivity contribution in [1.29, 1.82) is 0 Å². The summed E-state index contributed by atoms with van der Waals surface area (Å²) >= 11 is 2.13. The molecule has 28 heavy (non-hydrogen) atoms. The molecule has 0 amide bonds. The molecule has 8 atom stereocenters. The summed E-state index contributed by atoms with van der Waals surface area (Å²) in [6.45, 7) is 11.4. The first-order chi connectivity index (χ1) is 13.3. The summed E-state index contributed by atoms with van der Waals surface area (Å²) in [5, 5.41) is 16.8.